The Morgan fingerprint density at radius 3 is 2.67 bits per heavy atom. The fourth-order valence-corrected chi connectivity index (χ4v) is 1.65. The maximum absolute atomic E-state index is 5.65. The van der Waals surface area contributed by atoms with E-state index in [0.717, 1.165) is 28.0 Å². The molecule has 0 unspecified atom stereocenters. The number of benzene rings is 1. The Kier molecular flexibility index (Phi) is 2.34. The van der Waals surface area contributed by atoms with E-state index in [0.29, 0.717) is 0 Å². The molecular weight excluding hydrogens is 188 g/mol. The number of fused-ring (bicyclic) bond motifs is 1. The van der Waals surface area contributed by atoms with E-state index in [-0.39, 0.29) is 0 Å². The van der Waals surface area contributed by atoms with Crippen LogP contribution in [0.5, 0.6) is 5.75 Å². The summed E-state index contributed by atoms with van der Waals surface area (Å²) in [6.07, 6.45) is 3.44. The lowest BCUT2D eigenvalue weighted by Gasteiger charge is -1.98. The lowest BCUT2D eigenvalue weighted by molar-refractivity contribution is 0.410. The van der Waals surface area contributed by atoms with Gasteiger partial charge in [0.05, 0.1) is 7.11 Å². The zero-order chi connectivity index (χ0) is 10.8. The molecular formula is C13H12O2. The second kappa shape index (κ2) is 3.65. The van der Waals surface area contributed by atoms with E-state index in [1.54, 1.807) is 19.3 Å². The summed E-state index contributed by atoms with van der Waals surface area (Å²) in [6.45, 7) is 7.48. The van der Waals surface area contributed by atoms with Crippen molar-refractivity contribution in [3.8, 4) is 5.75 Å². The number of hydrogen-bond acceptors (Lipinski definition) is 2. The molecule has 0 aliphatic rings. The lowest BCUT2D eigenvalue weighted by Crippen LogP contribution is -1.81. The first-order valence-corrected chi connectivity index (χ1v) is 4.66. The molecule has 0 aliphatic carbocycles. The number of ether oxygens (including phenoxy) is 1. The predicted octanol–water partition coefficient (Wildman–Crippen LogP) is 3.73. The van der Waals surface area contributed by atoms with Gasteiger partial charge in [-0.2, -0.15) is 0 Å². The van der Waals surface area contributed by atoms with Crippen molar-refractivity contribution in [1.29, 1.82) is 0 Å². The molecule has 1 aromatic heterocycles. The van der Waals surface area contributed by atoms with Gasteiger partial charge < -0.3 is 9.15 Å². The molecule has 2 nitrogen and oxygen atoms in total. The van der Waals surface area contributed by atoms with Crippen LogP contribution in [0.15, 0.2) is 35.8 Å². The molecule has 0 bridgehead atoms. The Labute approximate surface area is 88.5 Å². The topological polar surface area (TPSA) is 22.4 Å². The fourth-order valence-electron chi connectivity index (χ4n) is 1.65. The molecule has 2 aromatic rings. The second-order valence-corrected chi connectivity index (χ2v) is 3.13. The highest BCUT2D eigenvalue weighted by molar-refractivity contribution is 5.93. The van der Waals surface area contributed by atoms with Crippen LogP contribution in [0, 0.1) is 0 Å². The molecule has 1 aromatic carbocycles. The van der Waals surface area contributed by atoms with Crippen LogP contribution in [0.2, 0.25) is 0 Å². The summed E-state index contributed by atoms with van der Waals surface area (Å²) in [6, 6.07) is 5.77. The van der Waals surface area contributed by atoms with Crippen molar-refractivity contribution in [2.24, 2.45) is 0 Å². The van der Waals surface area contributed by atoms with Crippen molar-refractivity contribution in [3.05, 3.63) is 42.7 Å². The largest absolute Gasteiger partial charge is 0.493 e. The van der Waals surface area contributed by atoms with Crippen LogP contribution in [-0.4, -0.2) is 7.11 Å². The molecule has 15 heavy (non-hydrogen) atoms. The number of hydrogen-bond donors (Lipinski definition) is 0. The molecule has 0 N–H and O–H groups in total. The average molecular weight is 200 g/mol. The van der Waals surface area contributed by atoms with Crippen molar-refractivity contribution >= 4 is 23.1 Å². The van der Waals surface area contributed by atoms with Crippen LogP contribution in [-0.2, 0) is 0 Å². The van der Waals surface area contributed by atoms with Crippen molar-refractivity contribution in [2.45, 2.75) is 0 Å². The second-order valence-electron chi connectivity index (χ2n) is 3.13. The normalized spacial score (nSPS) is 10.2. The van der Waals surface area contributed by atoms with Gasteiger partial charge in [-0.05, 0) is 12.1 Å². The molecule has 0 saturated heterocycles. The van der Waals surface area contributed by atoms with Gasteiger partial charge in [-0.25, -0.2) is 0 Å². The van der Waals surface area contributed by atoms with Gasteiger partial charge in [0, 0.05) is 10.9 Å². The highest BCUT2D eigenvalue weighted by Crippen LogP contribution is 2.33. The summed E-state index contributed by atoms with van der Waals surface area (Å²) < 4.78 is 10.9. The van der Waals surface area contributed by atoms with Gasteiger partial charge in [0.1, 0.15) is 5.76 Å². The van der Waals surface area contributed by atoms with E-state index < -0.39 is 0 Å². The predicted molar refractivity (Wildman–Crippen MR) is 62.9 cm³/mol. The van der Waals surface area contributed by atoms with Gasteiger partial charge in [-0.1, -0.05) is 31.4 Å². The van der Waals surface area contributed by atoms with Crippen LogP contribution in [0.1, 0.15) is 11.3 Å². The average Bonchev–Trinajstić information content (AvgIpc) is 2.66. The van der Waals surface area contributed by atoms with Gasteiger partial charge in [0.2, 0.25) is 0 Å². The summed E-state index contributed by atoms with van der Waals surface area (Å²) in [5.74, 6) is 1.45. The van der Waals surface area contributed by atoms with Crippen LogP contribution < -0.4 is 4.74 Å². The van der Waals surface area contributed by atoms with E-state index in [1.165, 1.54) is 0 Å². The molecule has 0 amide bonds. The first-order valence-electron chi connectivity index (χ1n) is 4.66. The summed E-state index contributed by atoms with van der Waals surface area (Å²) >= 11 is 0. The van der Waals surface area contributed by atoms with Gasteiger partial charge in [0.15, 0.2) is 11.3 Å². The minimum absolute atomic E-state index is 0.726. The molecule has 1 heterocycles. The molecule has 0 saturated carbocycles. The molecule has 0 spiro atoms. The van der Waals surface area contributed by atoms with Gasteiger partial charge >= 0.3 is 0 Å². The van der Waals surface area contributed by atoms with Crippen LogP contribution in [0.4, 0.5) is 0 Å². The minimum Gasteiger partial charge on any atom is -0.493 e. The quantitative estimate of drug-likeness (QED) is 0.753. The smallest absolute Gasteiger partial charge is 0.177 e. The summed E-state index contributed by atoms with van der Waals surface area (Å²) in [5.41, 5.74) is 1.70. The lowest BCUT2D eigenvalue weighted by atomic mass is 10.1. The highest BCUT2D eigenvalue weighted by Gasteiger charge is 2.12. The minimum atomic E-state index is 0.726. The Morgan fingerprint density at radius 1 is 1.27 bits per heavy atom. The first kappa shape index (κ1) is 9.59. The van der Waals surface area contributed by atoms with Gasteiger partial charge in [0.25, 0.3) is 0 Å². The van der Waals surface area contributed by atoms with Crippen LogP contribution in [0.3, 0.4) is 0 Å². The SMILES string of the molecule is C=Cc1oc2c(OC)cccc2c1C=C. The highest BCUT2D eigenvalue weighted by atomic mass is 16.5. The van der Waals surface area contributed by atoms with Crippen LogP contribution >= 0.6 is 0 Å². The van der Waals surface area contributed by atoms with E-state index in [9.17, 15) is 0 Å². The third-order valence-electron chi connectivity index (χ3n) is 2.36. The Hall–Kier alpha value is -1.96. The Bertz CT molecular complexity index is 521. The fraction of sp³-hybridized carbons (Fsp3) is 0.0769. The Balaban J connectivity index is 2.86. The maximum Gasteiger partial charge on any atom is 0.177 e. The van der Waals surface area contributed by atoms with Gasteiger partial charge in [-0.15, -0.1) is 0 Å². The number of furan rings is 1. The third-order valence-corrected chi connectivity index (χ3v) is 2.36. The van der Waals surface area contributed by atoms with Crippen molar-refractivity contribution in [3.63, 3.8) is 0 Å². The van der Waals surface area contributed by atoms with Crippen molar-refractivity contribution in [1.82, 2.24) is 0 Å². The van der Waals surface area contributed by atoms with Crippen molar-refractivity contribution in [2.75, 3.05) is 7.11 Å². The maximum atomic E-state index is 5.65. The summed E-state index contributed by atoms with van der Waals surface area (Å²) in [5, 5.41) is 0.999. The van der Waals surface area contributed by atoms with Crippen molar-refractivity contribution < 1.29 is 9.15 Å². The number of para-hydroxylation sites is 1. The first-order chi connectivity index (χ1) is 7.31. The van der Waals surface area contributed by atoms with E-state index in [4.69, 9.17) is 9.15 Å². The monoisotopic (exact) mass is 200 g/mol. The zero-order valence-corrected chi connectivity index (χ0v) is 8.62. The zero-order valence-electron chi connectivity index (χ0n) is 8.62. The standard InChI is InChI=1S/C13H12O2/c1-4-9-10-7-6-8-12(14-3)13(10)15-11(9)5-2/h4-8H,1-2H2,3H3. The number of rotatable bonds is 3. The molecule has 0 aliphatic heterocycles. The Morgan fingerprint density at radius 2 is 2.07 bits per heavy atom. The molecule has 0 fully saturated rings. The molecule has 0 radical (unpaired) electrons. The van der Waals surface area contributed by atoms with Gasteiger partial charge in [-0.3, -0.25) is 0 Å². The molecule has 0 atom stereocenters. The summed E-state index contributed by atoms with van der Waals surface area (Å²) in [4.78, 5) is 0. The molecule has 2 heteroatoms. The van der Waals surface area contributed by atoms with E-state index in [1.807, 2.05) is 18.2 Å². The van der Waals surface area contributed by atoms with Crippen LogP contribution in [0.25, 0.3) is 23.1 Å². The van der Waals surface area contributed by atoms with E-state index in [2.05, 4.69) is 13.2 Å². The molecule has 76 valence electrons. The van der Waals surface area contributed by atoms with E-state index >= 15 is 0 Å². The molecule has 2 rings (SSSR count). The number of methoxy groups -OCH3 is 1. The third kappa shape index (κ3) is 1.34. The summed E-state index contributed by atoms with van der Waals surface area (Å²) in [7, 11) is 1.62.